The van der Waals surface area contributed by atoms with Crippen LogP contribution in [-0.2, 0) is 9.53 Å². The molecule has 2 heterocycles. The number of thiophene rings is 1. The van der Waals surface area contributed by atoms with Gasteiger partial charge in [0.2, 0.25) is 0 Å². The van der Waals surface area contributed by atoms with Crippen LogP contribution in [0.1, 0.15) is 28.9 Å². The van der Waals surface area contributed by atoms with E-state index in [1.807, 2.05) is 42.5 Å². The van der Waals surface area contributed by atoms with Crippen molar-refractivity contribution in [3.63, 3.8) is 0 Å². The van der Waals surface area contributed by atoms with Crippen LogP contribution in [0, 0.1) is 0 Å². The highest BCUT2D eigenvalue weighted by Crippen LogP contribution is 2.40. The molecule has 0 fully saturated rings. The van der Waals surface area contributed by atoms with Gasteiger partial charge >= 0.3 is 5.97 Å². The van der Waals surface area contributed by atoms with Gasteiger partial charge < -0.3 is 24.3 Å². The Bertz CT molecular complexity index is 1060. The van der Waals surface area contributed by atoms with Crippen LogP contribution in [0.3, 0.4) is 0 Å². The number of benzene rings is 2. The van der Waals surface area contributed by atoms with Gasteiger partial charge in [-0.2, -0.15) is 0 Å². The summed E-state index contributed by atoms with van der Waals surface area (Å²) in [5, 5.41) is 4.92. The van der Waals surface area contributed by atoms with E-state index in [2.05, 4.69) is 5.32 Å². The summed E-state index contributed by atoms with van der Waals surface area (Å²) in [4.78, 5) is 25.1. The molecule has 1 N–H and O–H groups in total. The van der Waals surface area contributed by atoms with Crippen LogP contribution in [0.25, 0.3) is 0 Å². The molecule has 0 unspecified atom stereocenters. The Hall–Kier alpha value is -3.52. The Balaban J connectivity index is 1.52. The number of carbonyl (C=O) groups excluding carboxylic acids is 2. The Morgan fingerprint density at radius 1 is 1.10 bits per heavy atom. The van der Waals surface area contributed by atoms with Crippen molar-refractivity contribution in [3.05, 3.63) is 71.1 Å². The van der Waals surface area contributed by atoms with Gasteiger partial charge in [0.1, 0.15) is 22.9 Å². The topological polar surface area (TPSA) is 83.1 Å². The van der Waals surface area contributed by atoms with Gasteiger partial charge in [-0.3, -0.25) is 4.79 Å². The summed E-state index contributed by atoms with van der Waals surface area (Å²) in [6.07, 6.45) is -0.503. The largest absolute Gasteiger partial charge is 0.485 e. The standard InChI is InChI=1S/C23H21NO6S/c1-2-27-23(26)21-16(19-12-29-17-10-6-7-11-18(17)30-19)14-31-22(21)24-20(25)13-28-15-8-4-3-5-9-15/h3-11,14,19H,2,12-13H2,1H3,(H,24,25)/t19-/m1/s1. The lowest BCUT2D eigenvalue weighted by molar-refractivity contribution is -0.118. The summed E-state index contributed by atoms with van der Waals surface area (Å²) in [7, 11) is 0. The predicted octanol–water partition coefficient (Wildman–Crippen LogP) is 4.45. The Kier molecular flexibility index (Phi) is 6.37. The van der Waals surface area contributed by atoms with Crippen molar-refractivity contribution >= 4 is 28.2 Å². The second-order valence-corrected chi connectivity index (χ2v) is 7.51. The molecular weight excluding hydrogens is 418 g/mol. The van der Waals surface area contributed by atoms with E-state index in [4.69, 9.17) is 18.9 Å². The lowest BCUT2D eigenvalue weighted by atomic mass is 10.1. The highest BCUT2D eigenvalue weighted by atomic mass is 32.1. The van der Waals surface area contributed by atoms with Crippen LogP contribution in [-0.4, -0.2) is 31.7 Å². The van der Waals surface area contributed by atoms with Gasteiger partial charge in [-0.25, -0.2) is 4.79 Å². The van der Waals surface area contributed by atoms with Gasteiger partial charge in [-0.05, 0) is 31.2 Å². The summed E-state index contributed by atoms with van der Waals surface area (Å²) in [5.74, 6) is 0.927. The van der Waals surface area contributed by atoms with Crippen LogP contribution in [0.2, 0.25) is 0 Å². The first kappa shape index (κ1) is 20.7. The van der Waals surface area contributed by atoms with Gasteiger partial charge in [0.25, 0.3) is 5.91 Å². The molecule has 0 saturated carbocycles. The normalized spacial score (nSPS) is 14.5. The van der Waals surface area contributed by atoms with Gasteiger partial charge in [-0.1, -0.05) is 30.3 Å². The number of anilines is 1. The molecule has 0 aliphatic carbocycles. The van der Waals surface area contributed by atoms with E-state index in [9.17, 15) is 9.59 Å². The molecule has 1 aromatic heterocycles. The third-order valence-corrected chi connectivity index (χ3v) is 5.43. The zero-order chi connectivity index (χ0) is 21.6. The summed E-state index contributed by atoms with van der Waals surface area (Å²) in [6, 6.07) is 16.4. The van der Waals surface area contributed by atoms with Crippen LogP contribution >= 0.6 is 11.3 Å². The molecule has 8 heteroatoms. The van der Waals surface area contributed by atoms with Gasteiger partial charge in [0.15, 0.2) is 24.2 Å². The Morgan fingerprint density at radius 3 is 2.61 bits per heavy atom. The molecule has 1 aliphatic heterocycles. The van der Waals surface area contributed by atoms with Crippen molar-refractivity contribution in [2.45, 2.75) is 13.0 Å². The molecule has 7 nitrogen and oxygen atoms in total. The van der Waals surface area contributed by atoms with Gasteiger partial charge in [-0.15, -0.1) is 11.3 Å². The zero-order valence-electron chi connectivity index (χ0n) is 16.8. The molecule has 1 aliphatic rings. The molecule has 1 amide bonds. The number of ether oxygens (including phenoxy) is 4. The highest BCUT2D eigenvalue weighted by Gasteiger charge is 2.31. The number of rotatable bonds is 7. The lowest BCUT2D eigenvalue weighted by Crippen LogP contribution is -2.24. The van der Waals surface area contributed by atoms with Crippen molar-refractivity contribution in [1.82, 2.24) is 0 Å². The maximum absolute atomic E-state index is 12.7. The first-order valence-electron chi connectivity index (χ1n) is 9.80. The number of esters is 1. The maximum Gasteiger partial charge on any atom is 0.341 e. The molecule has 0 bridgehead atoms. The molecule has 1 atom stereocenters. The van der Waals surface area contributed by atoms with E-state index in [1.165, 1.54) is 11.3 Å². The van der Waals surface area contributed by atoms with Crippen molar-refractivity contribution < 1.29 is 28.5 Å². The summed E-state index contributed by atoms with van der Waals surface area (Å²) >= 11 is 1.23. The Labute approximate surface area is 183 Å². The minimum absolute atomic E-state index is 0.185. The summed E-state index contributed by atoms with van der Waals surface area (Å²) in [5.41, 5.74) is 0.880. The van der Waals surface area contributed by atoms with Crippen LogP contribution < -0.4 is 19.5 Å². The summed E-state index contributed by atoms with van der Waals surface area (Å²) in [6.45, 7) is 2.00. The van der Waals surface area contributed by atoms with E-state index in [0.29, 0.717) is 27.8 Å². The van der Waals surface area contributed by atoms with Crippen LogP contribution in [0.4, 0.5) is 5.00 Å². The molecule has 4 rings (SSSR count). The smallest absolute Gasteiger partial charge is 0.341 e. The quantitative estimate of drug-likeness (QED) is 0.548. The molecule has 0 spiro atoms. The van der Waals surface area contributed by atoms with Crippen molar-refractivity contribution in [2.75, 3.05) is 25.1 Å². The number of para-hydroxylation sites is 3. The number of carbonyl (C=O) groups is 2. The van der Waals surface area contributed by atoms with Crippen molar-refractivity contribution in [2.24, 2.45) is 0 Å². The van der Waals surface area contributed by atoms with E-state index >= 15 is 0 Å². The predicted molar refractivity (Wildman–Crippen MR) is 116 cm³/mol. The fraction of sp³-hybridized carbons (Fsp3) is 0.217. The number of hydrogen-bond donors (Lipinski definition) is 1. The maximum atomic E-state index is 12.7. The summed E-state index contributed by atoms with van der Waals surface area (Å²) < 4.78 is 22.5. The second kappa shape index (κ2) is 9.53. The first-order valence-corrected chi connectivity index (χ1v) is 10.7. The third kappa shape index (κ3) is 4.80. The fourth-order valence-electron chi connectivity index (χ4n) is 3.12. The second-order valence-electron chi connectivity index (χ2n) is 6.63. The number of amides is 1. The zero-order valence-corrected chi connectivity index (χ0v) is 17.6. The van der Waals surface area contributed by atoms with E-state index < -0.39 is 12.1 Å². The van der Waals surface area contributed by atoms with E-state index in [0.717, 1.165) is 0 Å². The minimum Gasteiger partial charge on any atom is -0.485 e. The van der Waals surface area contributed by atoms with Crippen LogP contribution in [0.15, 0.2) is 60.0 Å². The fourth-order valence-corrected chi connectivity index (χ4v) is 4.12. The molecule has 31 heavy (non-hydrogen) atoms. The van der Waals surface area contributed by atoms with Gasteiger partial charge in [0, 0.05) is 10.9 Å². The van der Waals surface area contributed by atoms with E-state index in [1.54, 1.807) is 24.4 Å². The SMILES string of the molecule is CCOC(=O)c1c([C@H]2COc3ccccc3O2)csc1NC(=O)COc1ccccc1. The molecular formula is C23H21NO6S. The number of fused-ring (bicyclic) bond motifs is 1. The lowest BCUT2D eigenvalue weighted by Gasteiger charge is -2.26. The monoisotopic (exact) mass is 439 g/mol. The van der Waals surface area contributed by atoms with Crippen molar-refractivity contribution in [1.29, 1.82) is 0 Å². The average molecular weight is 439 g/mol. The number of nitrogens with one attached hydrogen (secondary N) is 1. The third-order valence-electron chi connectivity index (χ3n) is 4.52. The van der Waals surface area contributed by atoms with E-state index in [-0.39, 0.29) is 31.3 Å². The van der Waals surface area contributed by atoms with Crippen LogP contribution in [0.5, 0.6) is 17.2 Å². The molecule has 0 saturated heterocycles. The van der Waals surface area contributed by atoms with Crippen molar-refractivity contribution in [3.8, 4) is 17.2 Å². The molecule has 3 aromatic rings. The van der Waals surface area contributed by atoms with Gasteiger partial charge in [0.05, 0.1) is 6.61 Å². The molecule has 2 aromatic carbocycles. The Morgan fingerprint density at radius 2 is 1.84 bits per heavy atom. The molecule has 160 valence electrons. The molecule has 0 radical (unpaired) electrons. The minimum atomic E-state index is -0.527. The highest BCUT2D eigenvalue weighted by molar-refractivity contribution is 7.15. The number of hydrogen-bond acceptors (Lipinski definition) is 7. The first-order chi connectivity index (χ1) is 15.2. The average Bonchev–Trinajstić information content (AvgIpc) is 3.21.